The summed E-state index contributed by atoms with van der Waals surface area (Å²) in [6.07, 6.45) is 5.80. The lowest BCUT2D eigenvalue weighted by Gasteiger charge is -1.99. The SMILES string of the molecule is COC(=O)Cn1cc(NC(=O)c2cnc[nH]2)cn1. The summed E-state index contributed by atoms with van der Waals surface area (Å²) in [6, 6.07) is 0. The number of imidazole rings is 1. The van der Waals surface area contributed by atoms with Crippen molar-refractivity contribution < 1.29 is 14.3 Å². The Kier molecular flexibility index (Phi) is 3.37. The molecule has 94 valence electrons. The summed E-state index contributed by atoms with van der Waals surface area (Å²) in [6.45, 7) is -0.00354. The number of nitrogens with zero attached hydrogens (tertiary/aromatic N) is 3. The fraction of sp³-hybridized carbons (Fsp3) is 0.200. The molecule has 0 aromatic carbocycles. The average Bonchev–Trinajstić information content (AvgIpc) is 3.00. The molecule has 0 radical (unpaired) electrons. The van der Waals surface area contributed by atoms with E-state index < -0.39 is 5.97 Å². The summed E-state index contributed by atoms with van der Waals surface area (Å²) in [7, 11) is 1.30. The lowest BCUT2D eigenvalue weighted by Crippen LogP contribution is -2.13. The van der Waals surface area contributed by atoms with E-state index in [-0.39, 0.29) is 12.5 Å². The van der Waals surface area contributed by atoms with Crippen LogP contribution in [0.3, 0.4) is 0 Å². The van der Waals surface area contributed by atoms with E-state index in [4.69, 9.17) is 0 Å². The van der Waals surface area contributed by atoms with Crippen LogP contribution in [0.5, 0.6) is 0 Å². The van der Waals surface area contributed by atoms with Gasteiger partial charge in [-0.1, -0.05) is 0 Å². The van der Waals surface area contributed by atoms with Crippen LogP contribution in [-0.2, 0) is 16.1 Å². The summed E-state index contributed by atoms with van der Waals surface area (Å²) >= 11 is 0. The summed E-state index contributed by atoms with van der Waals surface area (Å²) in [5.74, 6) is -0.741. The van der Waals surface area contributed by atoms with Crippen molar-refractivity contribution in [2.24, 2.45) is 0 Å². The van der Waals surface area contributed by atoms with E-state index in [9.17, 15) is 9.59 Å². The van der Waals surface area contributed by atoms with Crippen LogP contribution in [0.2, 0.25) is 0 Å². The lowest BCUT2D eigenvalue weighted by molar-refractivity contribution is -0.141. The number of carbonyl (C=O) groups is 2. The van der Waals surface area contributed by atoms with E-state index in [0.717, 1.165) is 0 Å². The molecule has 0 saturated carbocycles. The fourth-order valence-corrected chi connectivity index (χ4v) is 1.29. The van der Waals surface area contributed by atoms with E-state index in [0.29, 0.717) is 11.4 Å². The minimum Gasteiger partial charge on any atom is -0.468 e. The highest BCUT2D eigenvalue weighted by Gasteiger charge is 2.09. The molecular formula is C10H11N5O3. The van der Waals surface area contributed by atoms with Crippen molar-refractivity contribution >= 4 is 17.6 Å². The van der Waals surface area contributed by atoms with Gasteiger partial charge in [-0.05, 0) is 0 Å². The van der Waals surface area contributed by atoms with Crippen molar-refractivity contribution in [1.82, 2.24) is 19.7 Å². The van der Waals surface area contributed by atoms with Crippen LogP contribution in [0, 0.1) is 0 Å². The number of methoxy groups -OCH3 is 1. The maximum atomic E-state index is 11.7. The molecule has 2 aromatic rings. The van der Waals surface area contributed by atoms with Gasteiger partial charge in [0.05, 0.1) is 31.5 Å². The zero-order valence-corrected chi connectivity index (χ0v) is 9.58. The van der Waals surface area contributed by atoms with Crippen LogP contribution < -0.4 is 5.32 Å². The number of nitrogens with one attached hydrogen (secondary N) is 2. The second-order valence-corrected chi connectivity index (χ2v) is 3.42. The predicted molar refractivity (Wildman–Crippen MR) is 60.8 cm³/mol. The van der Waals surface area contributed by atoms with Crippen molar-refractivity contribution in [2.45, 2.75) is 6.54 Å². The van der Waals surface area contributed by atoms with Gasteiger partial charge in [0.15, 0.2) is 0 Å². The molecule has 0 atom stereocenters. The van der Waals surface area contributed by atoms with Gasteiger partial charge < -0.3 is 15.0 Å². The van der Waals surface area contributed by atoms with Crippen LogP contribution >= 0.6 is 0 Å². The minimum atomic E-state index is -0.412. The van der Waals surface area contributed by atoms with Gasteiger partial charge in [-0.15, -0.1) is 0 Å². The highest BCUT2D eigenvalue weighted by atomic mass is 16.5. The van der Waals surface area contributed by atoms with Crippen molar-refractivity contribution in [3.63, 3.8) is 0 Å². The third-order valence-electron chi connectivity index (χ3n) is 2.15. The number of esters is 1. The van der Waals surface area contributed by atoms with Crippen LogP contribution in [0.1, 0.15) is 10.5 Å². The smallest absolute Gasteiger partial charge is 0.327 e. The molecule has 0 saturated heterocycles. The van der Waals surface area contributed by atoms with Crippen molar-refractivity contribution in [3.05, 3.63) is 30.6 Å². The molecule has 2 heterocycles. The number of carbonyl (C=O) groups excluding carboxylic acids is 2. The van der Waals surface area contributed by atoms with E-state index in [2.05, 4.69) is 25.1 Å². The summed E-state index contributed by atoms with van der Waals surface area (Å²) in [5, 5.41) is 6.52. The van der Waals surface area contributed by atoms with Crippen LogP contribution in [0.25, 0.3) is 0 Å². The Balaban J connectivity index is 1.98. The van der Waals surface area contributed by atoms with Crippen molar-refractivity contribution in [3.8, 4) is 0 Å². The highest BCUT2D eigenvalue weighted by Crippen LogP contribution is 2.06. The molecule has 0 aliphatic carbocycles. The molecule has 8 heteroatoms. The van der Waals surface area contributed by atoms with E-state index in [1.165, 1.54) is 36.7 Å². The van der Waals surface area contributed by atoms with Gasteiger partial charge in [0.25, 0.3) is 5.91 Å². The number of hydrogen-bond donors (Lipinski definition) is 2. The van der Waals surface area contributed by atoms with Gasteiger partial charge in [0.2, 0.25) is 0 Å². The first kappa shape index (κ1) is 11.8. The molecular weight excluding hydrogens is 238 g/mol. The monoisotopic (exact) mass is 249 g/mol. The number of rotatable bonds is 4. The number of H-pyrrole nitrogens is 1. The Labute approximate surface area is 102 Å². The first-order valence-corrected chi connectivity index (χ1v) is 5.08. The second kappa shape index (κ2) is 5.13. The molecule has 0 fully saturated rings. The van der Waals surface area contributed by atoms with Gasteiger partial charge in [-0.25, -0.2) is 4.98 Å². The number of hydrogen-bond acceptors (Lipinski definition) is 5. The summed E-state index contributed by atoms with van der Waals surface area (Å²) in [4.78, 5) is 29.1. The maximum absolute atomic E-state index is 11.7. The number of anilines is 1. The van der Waals surface area contributed by atoms with Gasteiger partial charge in [0.1, 0.15) is 12.2 Å². The van der Waals surface area contributed by atoms with Crippen LogP contribution in [0.4, 0.5) is 5.69 Å². The maximum Gasteiger partial charge on any atom is 0.327 e. The summed E-state index contributed by atoms with van der Waals surface area (Å²) in [5.41, 5.74) is 0.828. The third-order valence-corrected chi connectivity index (χ3v) is 2.15. The number of ether oxygens (including phenoxy) is 1. The molecule has 8 nitrogen and oxygen atoms in total. The first-order valence-electron chi connectivity index (χ1n) is 5.08. The number of amides is 1. The molecule has 0 aliphatic rings. The summed E-state index contributed by atoms with van der Waals surface area (Å²) < 4.78 is 5.87. The zero-order chi connectivity index (χ0) is 13.0. The van der Waals surface area contributed by atoms with Crippen molar-refractivity contribution in [2.75, 3.05) is 12.4 Å². The van der Waals surface area contributed by atoms with Gasteiger partial charge in [-0.3, -0.25) is 14.3 Å². The first-order chi connectivity index (χ1) is 8.69. The molecule has 0 aliphatic heterocycles. The molecule has 2 rings (SSSR count). The zero-order valence-electron chi connectivity index (χ0n) is 9.58. The van der Waals surface area contributed by atoms with Gasteiger partial charge >= 0.3 is 5.97 Å². The number of aromatic amines is 1. The van der Waals surface area contributed by atoms with E-state index in [1.807, 2.05) is 0 Å². The fourth-order valence-electron chi connectivity index (χ4n) is 1.29. The standard InChI is InChI=1S/C10H11N5O3/c1-18-9(16)5-15-4-7(2-13-15)14-10(17)8-3-11-6-12-8/h2-4,6H,5H2,1H3,(H,11,12)(H,14,17). The highest BCUT2D eigenvalue weighted by molar-refractivity contribution is 6.02. The second-order valence-electron chi connectivity index (χ2n) is 3.42. The Bertz CT molecular complexity index is 546. The Hall–Kier alpha value is -2.64. The Morgan fingerprint density at radius 3 is 3.00 bits per heavy atom. The molecule has 0 unspecified atom stereocenters. The normalized spacial score (nSPS) is 10.1. The topological polar surface area (TPSA) is 102 Å². The lowest BCUT2D eigenvalue weighted by atomic mass is 10.4. The number of aromatic nitrogens is 4. The Morgan fingerprint density at radius 1 is 1.50 bits per heavy atom. The quantitative estimate of drug-likeness (QED) is 0.744. The molecule has 2 N–H and O–H groups in total. The Morgan fingerprint density at radius 2 is 2.33 bits per heavy atom. The van der Waals surface area contributed by atoms with Gasteiger partial charge in [-0.2, -0.15) is 5.10 Å². The van der Waals surface area contributed by atoms with Gasteiger partial charge in [0, 0.05) is 6.20 Å². The predicted octanol–water partition coefficient (Wildman–Crippen LogP) is 0.0315. The van der Waals surface area contributed by atoms with Crippen molar-refractivity contribution in [1.29, 1.82) is 0 Å². The molecule has 0 spiro atoms. The molecule has 18 heavy (non-hydrogen) atoms. The molecule has 0 bridgehead atoms. The van der Waals surface area contributed by atoms with Crippen LogP contribution in [-0.4, -0.2) is 38.7 Å². The third kappa shape index (κ3) is 2.73. The van der Waals surface area contributed by atoms with E-state index in [1.54, 1.807) is 0 Å². The molecule has 2 aromatic heterocycles. The minimum absolute atomic E-state index is 0.00354. The van der Waals surface area contributed by atoms with Crippen LogP contribution in [0.15, 0.2) is 24.9 Å². The van der Waals surface area contributed by atoms with E-state index >= 15 is 0 Å². The largest absolute Gasteiger partial charge is 0.468 e. The molecule has 1 amide bonds. The average molecular weight is 249 g/mol.